The van der Waals surface area contributed by atoms with Gasteiger partial charge in [-0.1, -0.05) is 42.5 Å². The zero-order valence-corrected chi connectivity index (χ0v) is 21.1. The molecule has 9 heteroatoms. The number of aromatic nitrogens is 2. The van der Waals surface area contributed by atoms with Gasteiger partial charge in [-0.15, -0.1) is 0 Å². The molecule has 0 saturated heterocycles. The van der Waals surface area contributed by atoms with Crippen LogP contribution in [0, 0.1) is 0 Å². The van der Waals surface area contributed by atoms with Crippen LogP contribution in [0.5, 0.6) is 0 Å². The molecule has 38 heavy (non-hydrogen) atoms. The highest BCUT2D eigenvalue weighted by atomic mass is 16.4. The summed E-state index contributed by atoms with van der Waals surface area (Å²) in [4.78, 5) is 49.0. The van der Waals surface area contributed by atoms with Crippen LogP contribution in [0.4, 0.5) is 5.69 Å². The first kappa shape index (κ1) is 25.0. The number of anilines is 1. The van der Waals surface area contributed by atoms with Crippen molar-refractivity contribution in [1.29, 1.82) is 0 Å². The second-order valence-corrected chi connectivity index (χ2v) is 9.52. The van der Waals surface area contributed by atoms with E-state index < -0.39 is 12.0 Å². The zero-order chi connectivity index (χ0) is 26.6. The summed E-state index contributed by atoms with van der Waals surface area (Å²) in [5, 5.41) is 12.3. The molecule has 1 atom stereocenters. The minimum atomic E-state index is -1.06. The van der Waals surface area contributed by atoms with Gasteiger partial charge in [-0.2, -0.15) is 0 Å². The predicted octanol–water partition coefficient (Wildman–Crippen LogP) is 3.68. The summed E-state index contributed by atoms with van der Waals surface area (Å²) in [6.45, 7) is 1.08. The number of hydrogen-bond donors (Lipinski definition) is 3. The van der Waals surface area contributed by atoms with Crippen molar-refractivity contribution in [3.63, 3.8) is 0 Å². The molecule has 0 aliphatic carbocycles. The van der Waals surface area contributed by atoms with Gasteiger partial charge >= 0.3 is 5.97 Å². The van der Waals surface area contributed by atoms with Gasteiger partial charge in [0.25, 0.3) is 5.91 Å². The first-order valence-corrected chi connectivity index (χ1v) is 12.5. The molecule has 9 nitrogen and oxygen atoms in total. The molecule has 0 bridgehead atoms. The largest absolute Gasteiger partial charge is 0.481 e. The van der Waals surface area contributed by atoms with E-state index in [-0.39, 0.29) is 24.8 Å². The Morgan fingerprint density at radius 3 is 2.61 bits per heavy atom. The fourth-order valence-corrected chi connectivity index (χ4v) is 4.77. The Kier molecular flexibility index (Phi) is 7.08. The number of likely N-dealkylation sites (N-methyl/N-ethyl adjacent to an activating group) is 1. The standard InChI is InChI=1S/C29H29N5O4/c1-33-17-21-15-20(11-12-22(21)30-25(29(33)38)16-27(35)36)28(37)34(14-13-19-7-3-2-4-8-19)18-26-31-23-9-5-6-10-24(23)32-26/h2-12,15,25,30H,13-14,16-18H2,1H3,(H,31,32)(H,35,36)/t25-/m0/s1. The Morgan fingerprint density at radius 1 is 1.08 bits per heavy atom. The highest BCUT2D eigenvalue weighted by molar-refractivity contribution is 5.96. The molecule has 0 fully saturated rings. The number of carbonyl (C=O) groups is 3. The molecular formula is C29H29N5O4. The number of aliphatic carboxylic acids is 1. The van der Waals surface area contributed by atoms with Crippen LogP contribution in [0.2, 0.25) is 0 Å². The van der Waals surface area contributed by atoms with E-state index in [1.807, 2.05) is 54.6 Å². The monoisotopic (exact) mass is 511 g/mol. The van der Waals surface area contributed by atoms with Crippen molar-refractivity contribution in [3.8, 4) is 0 Å². The number of carboxylic acids is 1. The van der Waals surface area contributed by atoms with Gasteiger partial charge < -0.3 is 25.2 Å². The molecule has 2 amide bonds. The average Bonchev–Trinajstić information content (AvgIpc) is 3.28. The molecule has 0 spiro atoms. The predicted molar refractivity (Wildman–Crippen MR) is 144 cm³/mol. The highest BCUT2D eigenvalue weighted by Gasteiger charge is 2.29. The second-order valence-electron chi connectivity index (χ2n) is 9.52. The lowest BCUT2D eigenvalue weighted by Crippen LogP contribution is -2.39. The number of benzene rings is 3. The van der Waals surface area contributed by atoms with E-state index >= 15 is 0 Å². The average molecular weight is 512 g/mol. The Balaban J connectivity index is 1.42. The van der Waals surface area contributed by atoms with Gasteiger partial charge in [0.15, 0.2) is 0 Å². The van der Waals surface area contributed by atoms with Crippen molar-refractivity contribution in [2.45, 2.75) is 32.0 Å². The molecule has 5 rings (SSSR count). The third-order valence-electron chi connectivity index (χ3n) is 6.72. The van der Waals surface area contributed by atoms with Gasteiger partial charge in [0.1, 0.15) is 11.9 Å². The summed E-state index contributed by atoms with van der Waals surface area (Å²) in [7, 11) is 1.64. The molecule has 3 N–H and O–H groups in total. The SMILES string of the molecule is CN1Cc2cc(C(=O)N(CCc3ccccc3)Cc3nc4ccccc4[nH]3)ccc2N[C@@H](CC(=O)O)C1=O. The molecule has 0 saturated carbocycles. The van der Waals surface area contributed by atoms with E-state index in [0.717, 1.165) is 22.2 Å². The number of hydrogen-bond acceptors (Lipinski definition) is 5. The minimum absolute atomic E-state index is 0.149. The number of carboxylic acid groups (broad SMARTS) is 1. The van der Waals surface area contributed by atoms with Gasteiger partial charge in [0.2, 0.25) is 5.91 Å². The molecule has 1 aliphatic heterocycles. The summed E-state index contributed by atoms with van der Waals surface area (Å²) < 4.78 is 0. The molecular weight excluding hydrogens is 482 g/mol. The van der Waals surface area contributed by atoms with Crippen LogP contribution in [0.3, 0.4) is 0 Å². The molecule has 0 unspecified atom stereocenters. The number of nitrogens with zero attached hydrogens (tertiary/aromatic N) is 3. The molecule has 4 aromatic rings. The number of para-hydroxylation sites is 2. The maximum Gasteiger partial charge on any atom is 0.305 e. The number of carbonyl (C=O) groups excluding carboxylic acids is 2. The van der Waals surface area contributed by atoms with Crippen LogP contribution >= 0.6 is 0 Å². The summed E-state index contributed by atoms with van der Waals surface area (Å²) in [6, 6.07) is 22.2. The lowest BCUT2D eigenvalue weighted by atomic mass is 10.1. The number of H-pyrrole nitrogens is 1. The topological polar surface area (TPSA) is 119 Å². The Bertz CT molecular complexity index is 1450. The van der Waals surface area contributed by atoms with Gasteiger partial charge in [-0.3, -0.25) is 14.4 Å². The van der Waals surface area contributed by atoms with Gasteiger partial charge in [0, 0.05) is 31.4 Å². The fraction of sp³-hybridized carbons (Fsp3) is 0.241. The summed E-state index contributed by atoms with van der Waals surface area (Å²) in [6.07, 6.45) is 0.363. The maximum absolute atomic E-state index is 13.8. The van der Waals surface area contributed by atoms with E-state index in [4.69, 9.17) is 0 Å². The molecule has 1 aliphatic rings. The van der Waals surface area contributed by atoms with Gasteiger partial charge in [-0.25, -0.2) is 4.98 Å². The third-order valence-corrected chi connectivity index (χ3v) is 6.72. The number of aromatic amines is 1. The van der Waals surface area contributed by atoms with E-state index in [2.05, 4.69) is 15.3 Å². The summed E-state index contributed by atoms with van der Waals surface area (Å²) >= 11 is 0. The number of imidazole rings is 1. The smallest absolute Gasteiger partial charge is 0.305 e. The van der Waals surface area contributed by atoms with E-state index in [1.165, 1.54) is 4.90 Å². The molecule has 3 aromatic carbocycles. The van der Waals surface area contributed by atoms with E-state index in [0.29, 0.717) is 36.6 Å². The van der Waals surface area contributed by atoms with Crippen LogP contribution in [-0.2, 0) is 29.1 Å². The lowest BCUT2D eigenvalue weighted by Gasteiger charge is -2.23. The number of nitrogens with one attached hydrogen (secondary N) is 2. The number of fused-ring (bicyclic) bond motifs is 2. The van der Waals surface area contributed by atoms with Crippen molar-refractivity contribution < 1.29 is 19.5 Å². The van der Waals surface area contributed by atoms with Crippen molar-refractivity contribution >= 4 is 34.5 Å². The van der Waals surface area contributed by atoms with Gasteiger partial charge in [0.05, 0.1) is 24.0 Å². The fourth-order valence-electron chi connectivity index (χ4n) is 4.77. The Morgan fingerprint density at radius 2 is 1.84 bits per heavy atom. The quantitative estimate of drug-likeness (QED) is 0.332. The van der Waals surface area contributed by atoms with Crippen molar-refractivity contribution in [2.75, 3.05) is 18.9 Å². The maximum atomic E-state index is 13.8. The second kappa shape index (κ2) is 10.8. The van der Waals surface area contributed by atoms with Crippen LogP contribution in [-0.4, -0.2) is 62.3 Å². The molecule has 194 valence electrons. The van der Waals surface area contributed by atoms with Crippen molar-refractivity contribution in [3.05, 3.63) is 95.3 Å². The van der Waals surface area contributed by atoms with Crippen LogP contribution in [0.1, 0.15) is 33.7 Å². The summed E-state index contributed by atoms with van der Waals surface area (Å²) in [5.41, 5.74) is 4.79. The third kappa shape index (κ3) is 5.51. The van der Waals surface area contributed by atoms with E-state index in [9.17, 15) is 19.5 Å². The first-order valence-electron chi connectivity index (χ1n) is 12.5. The summed E-state index contributed by atoms with van der Waals surface area (Å²) in [5.74, 6) is -0.805. The van der Waals surface area contributed by atoms with Crippen molar-refractivity contribution in [2.24, 2.45) is 0 Å². The van der Waals surface area contributed by atoms with Crippen LogP contribution in [0.25, 0.3) is 11.0 Å². The van der Waals surface area contributed by atoms with E-state index in [1.54, 1.807) is 30.1 Å². The Hall–Kier alpha value is -4.66. The minimum Gasteiger partial charge on any atom is -0.481 e. The molecule has 2 heterocycles. The number of amides is 2. The van der Waals surface area contributed by atoms with Crippen LogP contribution in [0.15, 0.2) is 72.8 Å². The van der Waals surface area contributed by atoms with Gasteiger partial charge in [-0.05, 0) is 47.9 Å². The molecule has 1 aromatic heterocycles. The van der Waals surface area contributed by atoms with Crippen molar-refractivity contribution in [1.82, 2.24) is 19.8 Å². The lowest BCUT2D eigenvalue weighted by molar-refractivity contribution is -0.141. The zero-order valence-electron chi connectivity index (χ0n) is 21.1. The Labute approximate surface area is 220 Å². The highest BCUT2D eigenvalue weighted by Crippen LogP contribution is 2.26. The first-order chi connectivity index (χ1) is 18.4. The normalized spacial score (nSPS) is 15.0. The van der Waals surface area contributed by atoms with Crippen LogP contribution < -0.4 is 5.32 Å². The number of rotatable bonds is 8. The molecule has 0 radical (unpaired) electrons.